The molecule has 0 N–H and O–H groups in total. The van der Waals surface area contributed by atoms with Crippen molar-refractivity contribution in [2.45, 2.75) is 0 Å². The third-order valence-corrected chi connectivity index (χ3v) is 4.18. The second-order valence-corrected chi connectivity index (χ2v) is 5.55. The lowest BCUT2D eigenvalue weighted by Gasteiger charge is -2.03. The van der Waals surface area contributed by atoms with Gasteiger partial charge in [0.2, 0.25) is 0 Å². The number of hydrogen-bond donors (Lipinski definition) is 0. The lowest BCUT2D eigenvalue weighted by atomic mass is 10.3. The van der Waals surface area contributed by atoms with Crippen molar-refractivity contribution in [1.82, 2.24) is 0 Å². The average Bonchev–Trinajstić information content (AvgIpc) is 2.09. The Kier molecular flexibility index (Phi) is 3.48. The molecule has 0 amide bonds. The molecule has 0 saturated heterocycles. The zero-order valence-corrected chi connectivity index (χ0v) is 9.38. The summed E-state index contributed by atoms with van der Waals surface area (Å²) in [6.07, 6.45) is 0. The maximum absolute atomic E-state index is 12.9. The summed E-state index contributed by atoms with van der Waals surface area (Å²) in [4.78, 5) is 0. The molecule has 3 nitrogen and oxygen atoms in total. The number of alkyl halides is 1. The van der Waals surface area contributed by atoms with Gasteiger partial charge in [0.05, 0.1) is 0 Å². The fourth-order valence-corrected chi connectivity index (χ4v) is 1.51. The van der Waals surface area contributed by atoms with E-state index in [9.17, 15) is 12.8 Å². The van der Waals surface area contributed by atoms with Crippen LogP contribution in [0, 0.1) is 5.82 Å². The molecular formula is C7H6FIO3S. The Morgan fingerprint density at radius 1 is 1.38 bits per heavy atom. The van der Waals surface area contributed by atoms with Crippen LogP contribution in [0.5, 0.6) is 5.75 Å². The van der Waals surface area contributed by atoms with Crippen LogP contribution in [-0.2, 0) is 10.1 Å². The maximum atomic E-state index is 12.9. The molecule has 0 aliphatic carbocycles. The largest absolute Gasteiger partial charge is 0.379 e. The van der Waals surface area contributed by atoms with E-state index in [1.807, 2.05) is 0 Å². The van der Waals surface area contributed by atoms with Crippen LogP contribution in [0.2, 0.25) is 0 Å². The Hall–Kier alpha value is -0.370. The first-order valence-electron chi connectivity index (χ1n) is 3.28. The van der Waals surface area contributed by atoms with Gasteiger partial charge < -0.3 is 4.18 Å². The Labute approximate surface area is 89.2 Å². The van der Waals surface area contributed by atoms with Crippen molar-refractivity contribution >= 4 is 32.7 Å². The third-order valence-electron chi connectivity index (χ3n) is 1.19. The Morgan fingerprint density at radius 2 is 2.00 bits per heavy atom. The van der Waals surface area contributed by atoms with Gasteiger partial charge in [0.15, 0.2) is 11.6 Å². The quantitative estimate of drug-likeness (QED) is 0.486. The molecule has 0 bridgehead atoms. The second kappa shape index (κ2) is 4.23. The van der Waals surface area contributed by atoms with Gasteiger partial charge in [-0.05, 0) is 12.1 Å². The lowest BCUT2D eigenvalue weighted by molar-refractivity contribution is 0.466. The van der Waals surface area contributed by atoms with E-state index < -0.39 is 15.9 Å². The molecule has 1 aromatic carbocycles. The number of rotatable bonds is 3. The molecule has 72 valence electrons. The molecule has 0 unspecified atom stereocenters. The first-order chi connectivity index (χ1) is 6.05. The van der Waals surface area contributed by atoms with Crippen LogP contribution >= 0.6 is 22.6 Å². The molecule has 0 radical (unpaired) electrons. The minimum Gasteiger partial charge on any atom is -0.379 e. The number of hydrogen-bond acceptors (Lipinski definition) is 3. The normalized spacial score (nSPS) is 11.2. The summed E-state index contributed by atoms with van der Waals surface area (Å²) in [6, 6.07) is 5.36. The standard InChI is InChI=1S/C7H6FIO3S/c8-6-3-1-2-4-7(6)12-13(10,11)5-9/h1-4H,5H2. The number of para-hydroxylation sites is 1. The first kappa shape index (κ1) is 10.7. The fraction of sp³-hybridized carbons (Fsp3) is 0.143. The van der Waals surface area contributed by atoms with E-state index in [-0.39, 0.29) is 9.51 Å². The van der Waals surface area contributed by atoms with Crippen molar-refractivity contribution in [3.8, 4) is 5.75 Å². The van der Waals surface area contributed by atoms with Gasteiger partial charge in [0.1, 0.15) is 3.76 Å². The van der Waals surface area contributed by atoms with E-state index in [4.69, 9.17) is 0 Å². The Bertz CT molecular complexity index is 390. The summed E-state index contributed by atoms with van der Waals surface area (Å²) in [5.74, 6) is -0.949. The summed E-state index contributed by atoms with van der Waals surface area (Å²) in [6.45, 7) is 0. The first-order valence-corrected chi connectivity index (χ1v) is 6.38. The molecule has 0 aliphatic heterocycles. The molecule has 0 saturated carbocycles. The molecule has 0 fully saturated rings. The van der Waals surface area contributed by atoms with Gasteiger partial charge in [-0.3, -0.25) is 0 Å². The second-order valence-electron chi connectivity index (χ2n) is 2.18. The summed E-state index contributed by atoms with van der Waals surface area (Å²) in [5.41, 5.74) is 0. The molecule has 0 aromatic heterocycles. The van der Waals surface area contributed by atoms with Crippen LogP contribution in [0.1, 0.15) is 0 Å². The smallest absolute Gasteiger partial charge is 0.318 e. The van der Waals surface area contributed by atoms with E-state index >= 15 is 0 Å². The number of halogens is 2. The van der Waals surface area contributed by atoms with E-state index in [2.05, 4.69) is 4.18 Å². The molecular weight excluding hydrogens is 310 g/mol. The minimum absolute atomic E-state index is 0.209. The van der Waals surface area contributed by atoms with Gasteiger partial charge >= 0.3 is 10.1 Å². The highest BCUT2D eigenvalue weighted by molar-refractivity contribution is 14.1. The molecule has 1 rings (SSSR count). The highest BCUT2D eigenvalue weighted by Gasteiger charge is 2.12. The maximum Gasteiger partial charge on any atom is 0.318 e. The van der Waals surface area contributed by atoms with Crippen LogP contribution in [0.3, 0.4) is 0 Å². The SMILES string of the molecule is O=S(=O)(CI)Oc1ccccc1F. The Morgan fingerprint density at radius 3 is 2.54 bits per heavy atom. The predicted octanol–water partition coefficient (Wildman–Crippen LogP) is 1.93. The molecule has 0 heterocycles. The van der Waals surface area contributed by atoms with Crippen molar-refractivity contribution in [1.29, 1.82) is 0 Å². The van der Waals surface area contributed by atoms with Crippen LogP contribution in [0.25, 0.3) is 0 Å². The minimum atomic E-state index is -3.65. The molecule has 1 aromatic rings. The van der Waals surface area contributed by atoms with Crippen LogP contribution in [0.4, 0.5) is 4.39 Å². The topological polar surface area (TPSA) is 43.4 Å². The molecule has 0 spiro atoms. The van der Waals surface area contributed by atoms with Gasteiger partial charge in [-0.25, -0.2) is 4.39 Å². The summed E-state index contributed by atoms with van der Waals surface area (Å²) in [5, 5.41) is 0. The zero-order valence-electron chi connectivity index (χ0n) is 6.41. The van der Waals surface area contributed by atoms with Gasteiger partial charge in [-0.1, -0.05) is 34.7 Å². The zero-order chi connectivity index (χ0) is 9.90. The van der Waals surface area contributed by atoms with E-state index in [0.29, 0.717) is 0 Å². The fourth-order valence-electron chi connectivity index (χ4n) is 0.671. The molecule has 6 heteroatoms. The monoisotopic (exact) mass is 316 g/mol. The van der Waals surface area contributed by atoms with Crippen LogP contribution < -0.4 is 4.18 Å². The highest BCUT2D eigenvalue weighted by Crippen LogP contribution is 2.18. The van der Waals surface area contributed by atoms with Crippen molar-refractivity contribution in [3.05, 3.63) is 30.1 Å². The van der Waals surface area contributed by atoms with Crippen LogP contribution in [-0.4, -0.2) is 12.2 Å². The van der Waals surface area contributed by atoms with Crippen molar-refractivity contribution < 1.29 is 17.0 Å². The van der Waals surface area contributed by atoms with Crippen molar-refractivity contribution in [3.63, 3.8) is 0 Å². The lowest BCUT2D eigenvalue weighted by Crippen LogP contribution is -2.10. The van der Waals surface area contributed by atoms with Crippen LogP contribution in [0.15, 0.2) is 24.3 Å². The number of benzene rings is 1. The molecule has 13 heavy (non-hydrogen) atoms. The predicted molar refractivity (Wildman–Crippen MR) is 54.8 cm³/mol. The Balaban J connectivity index is 2.93. The third kappa shape index (κ3) is 3.11. The summed E-state index contributed by atoms with van der Waals surface area (Å²) >= 11 is 1.63. The van der Waals surface area contributed by atoms with E-state index in [1.165, 1.54) is 18.2 Å². The van der Waals surface area contributed by atoms with Crippen molar-refractivity contribution in [2.24, 2.45) is 0 Å². The van der Waals surface area contributed by atoms with Gasteiger partial charge in [-0.15, -0.1) is 0 Å². The molecule has 0 aliphatic rings. The van der Waals surface area contributed by atoms with Gasteiger partial charge in [-0.2, -0.15) is 8.42 Å². The summed E-state index contributed by atoms with van der Waals surface area (Å²) in [7, 11) is -3.65. The van der Waals surface area contributed by atoms with Crippen molar-refractivity contribution in [2.75, 3.05) is 3.76 Å². The van der Waals surface area contributed by atoms with E-state index in [0.717, 1.165) is 6.07 Å². The highest BCUT2D eigenvalue weighted by atomic mass is 127. The average molecular weight is 316 g/mol. The van der Waals surface area contributed by atoms with Gasteiger partial charge in [0, 0.05) is 0 Å². The molecule has 0 atom stereocenters. The van der Waals surface area contributed by atoms with E-state index in [1.54, 1.807) is 22.6 Å². The summed E-state index contributed by atoms with van der Waals surface area (Å²) < 4.78 is 39.0. The van der Waals surface area contributed by atoms with Gasteiger partial charge in [0.25, 0.3) is 0 Å².